The van der Waals surface area contributed by atoms with E-state index in [0.29, 0.717) is 0 Å². The second-order valence-electron chi connectivity index (χ2n) is 7.25. The molecule has 0 heterocycles. The highest BCUT2D eigenvalue weighted by Gasteiger charge is 2.26. The fourth-order valence-corrected chi connectivity index (χ4v) is 3.80. The first kappa shape index (κ1) is 18.8. The zero-order valence-corrected chi connectivity index (χ0v) is 15.7. The standard InChI is InChI=1S/C21H34N2O/c1-4-8-17-12-14-18(15-13-17)21(24)23-20(9-5-2)22-19-11-7-6-10-16(19)3/h6,9-10,17-18,22H,4-5,7-8,11-15H2,1-3H3,(H,23,24)/b20-9-. The van der Waals surface area contributed by atoms with Crippen LogP contribution in [0.2, 0.25) is 0 Å². The minimum Gasteiger partial charge on any atom is -0.345 e. The molecule has 0 aromatic rings. The summed E-state index contributed by atoms with van der Waals surface area (Å²) in [7, 11) is 0. The van der Waals surface area contributed by atoms with E-state index < -0.39 is 0 Å². The Kier molecular flexibility index (Phi) is 7.61. The van der Waals surface area contributed by atoms with Crippen molar-refractivity contribution in [2.75, 3.05) is 0 Å². The van der Waals surface area contributed by atoms with Gasteiger partial charge in [-0.05, 0) is 69.4 Å². The molecule has 2 aliphatic carbocycles. The van der Waals surface area contributed by atoms with Crippen molar-refractivity contribution in [1.82, 2.24) is 10.6 Å². The van der Waals surface area contributed by atoms with Crippen molar-refractivity contribution < 1.29 is 4.79 Å². The number of carbonyl (C=O) groups excluding carboxylic acids is 1. The lowest BCUT2D eigenvalue weighted by atomic mass is 9.80. The second kappa shape index (κ2) is 9.71. The van der Waals surface area contributed by atoms with Gasteiger partial charge in [-0.1, -0.05) is 38.8 Å². The quantitative estimate of drug-likeness (QED) is 0.676. The van der Waals surface area contributed by atoms with E-state index in [2.05, 4.69) is 49.6 Å². The summed E-state index contributed by atoms with van der Waals surface area (Å²) in [5.41, 5.74) is 2.49. The Morgan fingerprint density at radius 2 is 2.00 bits per heavy atom. The van der Waals surface area contributed by atoms with Crippen LogP contribution in [0.15, 0.2) is 35.3 Å². The first-order valence-corrected chi connectivity index (χ1v) is 9.78. The minimum absolute atomic E-state index is 0.182. The molecule has 1 amide bonds. The lowest BCUT2D eigenvalue weighted by Gasteiger charge is -2.28. The van der Waals surface area contributed by atoms with Gasteiger partial charge in [0.25, 0.3) is 0 Å². The van der Waals surface area contributed by atoms with Gasteiger partial charge in [0.1, 0.15) is 5.82 Å². The van der Waals surface area contributed by atoms with Crippen LogP contribution >= 0.6 is 0 Å². The highest BCUT2D eigenvalue weighted by Crippen LogP contribution is 2.31. The summed E-state index contributed by atoms with van der Waals surface area (Å²) < 4.78 is 0. The molecule has 0 bridgehead atoms. The second-order valence-corrected chi connectivity index (χ2v) is 7.25. The number of nitrogens with one attached hydrogen (secondary N) is 2. The van der Waals surface area contributed by atoms with Crippen LogP contribution in [0, 0.1) is 11.8 Å². The van der Waals surface area contributed by atoms with Crippen LogP contribution in [0.25, 0.3) is 0 Å². The third-order valence-electron chi connectivity index (χ3n) is 5.27. The Labute approximate surface area is 147 Å². The van der Waals surface area contributed by atoms with E-state index in [1.165, 1.54) is 37.0 Å². The molecule has 0 spiro atoms. The molecule has 24 heavy (non-hydrogen) atoms. The Bertz CT molecular complexity index is 508. The van der Waals surface area contributed by atoms with E-state index in [1.807, 2.05) is 0 Å². The molecule has 0 radical (unpaired) electrons. The largest absolute Gasteiger partial charge is 0.345 e. The van der Waals surface area contributed by atoms with Gasteiger partial charge >= 0.3 is 0 Å². The molecule has 1 fully saturated rings. The van der Waals surface area contributed by atoms with Crippen LogP contribution in [0.4, 0.5) is 0 Å². The summed E-state index contributed by atoms with van der Waals surface area (Å²) in [5, 5.41) is 6.62. The molecule has 3 heteroatoms. The zero-order valence-electron chi connectivity index (χ0n) is 15.7. The van der Waals surface area contributed by atoms with Crippen LogP contribution in [0.3, 0.4) is 0 Å². The number of carbonyl (C=O) groups is 1. The van der Waals surface area contributed by atoms with E-state index in [-0.39, 0.29) is 11.8 Å². The molecule has 0 aromatic heterocycles. The fourth-order valence-electron chi connectivity index (χ4n) is 3.80. The number of hydrogen-bond donors (Lipinski definition) is 2. The summed E-state index contributed by atoms with van der Waals surface area (Å²) >= 11 is 0. The topological polar surface area (TPSA) is 41.1 Å². The molecular formula is C21H34N2O. The molecule has 0 atom stereocenters. The maximum atomic E-state index is 12.6. The lowest BCUT2D eigenvalue weighted by molar-refractivity contribution is -0.125. The van der Waals surface area contributed by atoms with E-state index in [0.717, 1.165) is 43.8 Å². The number of allylic oxidation sites excluding steroid dienone is 5. The average molecular weight is 331 g/mol. The first-order chi connectivity index (χ1) is 11.6. The molecular weight excluding hydrogens is 296 g/mol. The van der Waals surface area contributed by atoms with Crippen LogP contribution in [-0.4, -0.2) is 5.91 Å². The fraction of sp³-hybridized carbons (Fsp3) is 0.667. The van der Waals surface area contributed by atoms with Gasteiger partial charge in [0.2, 0.25) is 5.91 Å². The van der Waals surface area contributed by atoms with Gasteiger partial charge in [0.15, 0.2) is 0 Å². The summed E-state index contributed by atoms with van der Waals surface area (Å²) in [4.78, 5) is 12.6. The van der Waals surface area contributed by atoms with Crippen molar-refractivity contribution in [3.63, 3.8) is 0 Å². The number of amides is 1. The molecule has 0 aromatic carbocycles. The van der Waals surface area contributed by atoms with Gasteiger partial charge in [0, 0.05) is 11.6 Å². The van der Waals surface area contributed by atoms with E-state index in [1.54, 1.807) is 0 Å². The molecule has 134 valence electrons. The minimum atomic E-state index is 0.182. The van der Waals surface area contributed by atoms with Crippen LogP contribution < -0.4 is 10.6 Å². The predicted molar refractivity (Wildman–Crippen MR) is 101 cm³/mol. The molecule has 2 aliphatic rings. The third-order valence-corrected chi connectivity index (χ3v) is 5.27. The van der Waals surface area contributed by atoms with Gasteiger partial charge in [-0.2, -0.15) is 0 Å². The van der Waals surface area contributed by atoms with Crippen LogP contribution in [0.1, 0.15) is 78.6 Å². The van der Waals surface area contributed by atoms with Crippen molar-refractivity contribution in [3.8, 4) is 0 Å². The van der Waals surface area contributed by atoms with Gasteiger partial charge in [-0.25, -0.2) is 0 Å². The Balaban J connectivity index is 1.90. The predicted octanol–water partition coefficient (Wildman–Crippen LogP) is 5.17. The van der Waals surface area contributed by atoms with Gasteiger partial charge in [0.05, 0.1) is 0 Å². The Hall–Kier alpha value is -1.51. The Morgan fingerprint density at radius 1 is 1.25 bits per heavy atom. The zero-order chi connectivity index (χ0) is 17.4. The summed E-state index contributed by atoms with van der Waals surface area (Å²) in [6.45, 7) is 6.48. The van der Waals surface area contributed by atoms with Gasteiger partial charge < -0.3 is 10.6 Å². The summed E-state index contributed by atoms with van der Waals surface area (Å²) in [6, 6.07) is 0. The normalized spacial score (nSPS) is 24.9. The average Bonchev–Trinajstić information content (AvgIpc) is 2.58. The maximum absolute atomic E-state index is 12.6. The monoisotopic (exact) mass is 330 g/mol. The highest BCUT2D eigenvalue weighted by atomic mass is 16.2. The highest BCUT2D eigenvalue weighted by molar-refractivity contribution is 5.80. The van der Waals surface area contributed by atoms with E-state index >= 15 is 0 Å². The van der Waals surface area contributed by atoms with Crippen molar-refractivity contribution in [2.24, 2.45) is 11.8 Å². The summed E-state index contributed by atoms with van der Waals surface area (Å²) in [6.07, 6.45) is 16.5. The van der Waals surface area contributed by atoms with Crippen molar-refractivity contribution in [2.45, 2.75) is 78.6 Å². The number of hydrogen-bond acceptors (Lipinski definition) is 2. The van der Waals surface area contributed by atoms with Crippen molar-refractivity contribution in [1.29, 1.82) is 0 Å². The van der Waals surface area contributed by atoms with Gasteiger partial charge in [-0.15, -0.1) is 0 Å². The molecule has 0 unspecified atom stereocenters. The molecule has 1 saturated carbocycles. The molecule has 2 N–H and O–H groups in total. The Morgan fingerprint density at radius 3 is 2.62 bits per heavy atom. The molecule has 0 saturated heterocycles. The van der Waals surface area contributed by atoms with E-state index in [4.69, 9.17) is 0 Å². The summed E-state index contributed by atoms with van der Waals surface area (Å²) in [5.74, 6) is 2.08. The van der Waals surface area contributed by atoms with Crippen LogP contribution in [0.5, 0.6) is 0 Å². The maximum Gasteiger partial charge on any atom is 0.228 e. The lowest BCUT2D eigenvalue weighted by Crippen LogP contribution is -2.37. The number of rotatable bonds is 7. The van der Waals surface area contributed by atoms with E-state index in [9.17, 15) is 4.79 Å². The van der Waals surface area contributed by atoms with Crippen LogP contribution in [-0.2, 0) is 4.79 Å². The van der Waals surface area contributed by atoms with Crippen molar-refractivity contribution in [3.05, 3.63) is 35.3 Å². The van der Waals surface area contributed by atoms with Crippen molar-refractivity contribution >= 4 is 5.91 Å². The molecule has 0 aliphatic heterocycles. The third kappa shape index (κ3) is 5.54. The molecule has 2 rings (SSSR count). The first-order valence-electron chi connectivity index (χ1n) is 9.78. The van der Waals surface area contributed by atoms with Gasteiger partial charge in [-0.3, -0.25) is 4.79 Å². The smallest absolute Gasteiger partial charge is 0.228 e. The SMILES string of the molecule is CC/C=C(\NC(=O)C1CCC(CCC)CC1)NC1=C(C)C=CCC1. The molecule has 3 nitrogen and oxygen atoms in total.